The van der Waals surface area contributed by atoms with Gasteiger partial charge < -0.3 is 9.13 Å². The van der Waals surface area contributed by atoms with Crippen molar-refractivity contribution in [3.8, 4) is 45.5 Å². The molecule has 10 aromatic carbocycles. The van der Waals surface area contributed by atoms with Gasteiger partial charge in [-0.1, -0.05) is 170 Å². The first-order valence-electron chi connectivity index (χ1n) is 27.2. The van der Waals surface area contributed by atoms with E-state index in [1.54, 1.807) is 15.2 Å². The van der Waals surface area contributed by atoms with E-state index in [4.69, 9.17) is 15.5 Å². The monoisotopic (exact) mass is 900 g/mol. The molecule has 15 rings (SSSR count). The molecule has 0 aliphatic carbocycles. The van der Waals surface area contributed by atoms with Crippen LogP contribution >= 0.6 is 0 Å². The van der Waals surface area contributed by atoms with E-state index in [0.29, 0.717) is 38.1 Å². The Morgan fingerprint density at radius 2 is 0.743 bits per heavy atom. The molecule has 0 amide bonds. The number of rotatable bonds is 6. The van der Waals surface area contributed by atoms with Crippen molar-refractivity contribution in [1.82, 2.24) is 28.2 Å². The van der Waals surface area contributed by atoms with E-state index < -0.39 is 12.1 Å². The van der Waals surface area contributed by atoms with Crippen LogP contribution in [0.25, 0.3) is 133 Å². The first kappa shape index (κ1) is 31.5. The summed E-state index contributed by atoms with van der Waals surface area (Å²) in [6.07, 6.45) is 0. The Bertz CT molecular complexity index is 4880. The van der Waals surface area contributed by atoms with E-state index in [2.05, 4.69) is 106 Å². The average Bonchev–Trinajstić information content (AvgIpc) is 4.41. The lowest BCUT2D eigenvalue weighted by atomic mass is 9.93. The van der Waals surface area contributed by atoms with Crippen LogP contribution in [0.2, 0.25) is 0 Å². The van der Waals surface area contributed by atoms with Crippen molar-refractivity contribution in [2.45, 2.75) is 0 Å². The van der Waals surface area contributed by atoms with Crippen molar-refractivity contribution in [1.29, 1.82) is 0 Å². The molecular formula is C64H40N6. The molecule has 15 aromatic rings. The van der Waals surface area contributed by atoms with Crippen molar-refractivity contribution >= 4 is 87.2 Å². The molecular weight excluding hydrogens is 853 g/mol. The van der Waals surface area contributed by atoms with Gasteiger partial charge in [0.1, 0.15) is 11.6 Å². The third-order valence-corrected chi connectivity index (χ3v) is 13.9. The number of fused-ring (bicyclic) bond motifs is 12. The lowest BCUT2D eigenvalue weighted by Crippen LogP contribution is -2.08. The van der Waals surface area contributed by atoms with Crippen LogP contribution in [0.1, 0.15) is 11.0 Å². The minimum absolute atomic E-state index is 0.185. The molecule has 0 aliphatic heterocycles. The summed E-state index contributed by atoms with van der Waals surface area (Å²) in [6.45, 7) is 0. The fourth-order valence-electron chi connectivity index (χ4n) is 11.0. The number of nitrogens with zero attached hydrogens (tertiary/aromatic N) is 6. The van der Waals surface area contributed by atoms with Gasteiger partial charge in [-0.15, -0.1) is 0 Å². The van der Waals surface area contributed by atoms with E-state index in [-0.39, 0.29) is 64.7 Å². The molecule has 70 heavy (non-hydrogen) atoms. The summed E-state index contributed by atoms with van der Waals surface area (Å²) in [5, 5.41) is 5.99. The van der Waals surface area contributed by atoms with Crippen LogP contribution in [-0.4, -0.2) is 28.2 Å². The molecule has 5 heterocycles. The van der Waals surface area contributed by atoms with Crippen molar-refractivity contribution in [2.75, 3.05) is 0 Å². The minimum Gasteiger partial charge on any atom is -0.309 e. The second-order valence-corrected chi connectivity index (χ2v) is 17.5. The predicted molar refractivity (Wildman–Crippen MR) is 290 cm³/mol. The highest BCUT2D eigenvalue weighted by Crippen LogP contribution is 2.46. The largest absolute Gasteiger partial charge is 0.309 e. The molecule has 0 radical (unpaired) electrons. The van der Waals surface area contributed by atoms with Crippen molar-refractivity contribution in [3.63, 3.8) is 0 Å². The highest BCUT2D eigenvalue weighted by molar-refractivity contribution is 6.18. The van der Waals surface area contributed by atoms with E-state index >= 15 is 0 Å². The highest BCUT2D eigenvalue weighted by atomic mass is 15.2. The summed E-state index contributed by atoms with van der Waals surface area (Å²) in [7, 11) is 0. The van der Waals surface area contributed by atoms with Gasteiger partial charge in [0.2, 0.25) is 0 Å². The lowest BCUT2D eigenvalue weighted by Gasteiger charge is -2.20. The van der Waals surface area contributed by atoms with E-state index in [9.17, 15) is 5.48 Å². The summed E-state index contributed by atoms with van der Waals surface area (Å²) >= 11 is 0. The minimum atomic E-state index is -0.397. The van der Waals surface area contributed by atoms with Crippen molar-refractivity contribution < 1.29 is 11.0 Å². The summed E-state index contributed by atoms with van der Waals surface area (Å²) in [6, 6.07) is 62.2. The molecule has 6 nitrogen and oxygen atoms in total. The maximum atomic E-state index is 9.56. The smallest absolute Gasteiger partial charge is 0.166 e. The van der Waals surface area contributed by atoms with E-state index in [1.807, 2.05) is 91.0 Å². The summed E-state index contributed by atoms with van der Waals surface area (Å²) in [4.78, 5) is 11.3. The third kappa shape index (κ3) is 5.50. The van der Waals surface area contributed by atoms with Crippen LogP contribution in [0, 0.1) is 0 Å². The van der Waals surface area contributed by atoms with Gasteiger partial charge in [0.05, 0.1) is 66.4 Å². The van der Waals surface area contributed by atoms with E-state index in [0.717, 1.165) is 66.1 Å². The summed E-state index contributed by atoms with van der Waals surface area (Å²) in [5.74, 6) is 0.775. The zero-order chi connectivity index (χ0) is 52.8. The van der Waals surface area contributed by atoms with Crippen LogP contribution in [0.5, 0.6) is 0 Å². The van der Waals surface area contributed by atoms with Gasteiger partial charge >= 0.3 is 0 Å². The van der Waals surface area contributed by atoms with Gasteiger partial charge in [0, 0.05) is 54.8 Å². The highest BCUT2D eigenvalue weighted by Gasteiger charge is 2.26. The second kappa shape index (κ2) is 15.0. The second-order valence-electron chi connectivity index (χ2n) is 17.5. The Labute approximate surface area is 413 Å². The Morgan fingerprint density at radius 1 is 0.314 bits per heavy atom. The van der Waals surface area contributed by atoms with E-state index in [1.165, 1.54) is 0 Å². The van der Waals surface area contributed by atoms with Crippen LogP contribution in [-0.2, 0) is 0 Å². The molecule has 0 aliphatic rings. The molecule has 326 valence electrons. The summed E-state index contributed by atoms with van der Waals surface area (Å²) < 4.78 is 81.5. The predicted octanol–water partition coefficient (Wildman–Crippen LogP) is 16.2. The normalized spacial score (nSPS) is 13.6. The van der Waals surface area contributed by atoms with Crippen LogP contribution in [0.15, 0.2) is 242 Å². The number of hydrogen-bond acceptors (Lipinski definition) is 2. The zero-order valence-corrected chi connectivity index (χ0v) is 37.2. The molecule has 0 fully saturated rings. The van der Waals surface area contributed by atoms with Gasteiger partial charge in [-0.05, 0) is 77.8 Å². The van der Waals surface area contributed by atoms with Crippen LogP contribution in [0.4, 0.5) is 0 Å². The van der Waals surface area contributed by atoms with Gasteiger partial charge in [0.15, 0.2) is 5.82 Å². The van der Waals surface area contributed by atoms with Crippen LogP contribution < -0.4 is 0 Å². The number of para-hydroxylation sites is 8. The third-order valence-electron chi connectivity index (χ3n) is 13.9. The lowest BCUT2D eigenvalue weighted by molar-refractivity contribution is 0.991. The average molecular weight is 901 g/mol. The Morgan fingerprint density at radius 3 is 1.31 bits per heavy atom. The number of hydrogen-bond donors (Lipinski definition) is 0. The molecule has 6 heteroatoms. The Kier molecular flexibility index (Phi) is 6.74. The molecule has 0 bridgehead atoms. The molecule has 0 spiro atoms. The quantitative estimate of drug-likeness (QED) is 0.167. The molecule has 5 aromatic heterocycles. The first-order valence-corrected chi connectivity index (χ1v) is 23.2. The maximum Gasteiger partial charge on any atom is 0.166 e. The summed E-state index contributed by atoms with van der Waals surface area (Å²) in [5.41, 5.74) is 9.61. The van der Waals surface area contributed by atoms with Crippen LogP contribution in [0.3, 0.4) is 0 Å². The molecule has 0 saturated heterocycles. The van der Waals surface area contributed by atoms with Crippen molar-refractivity contribution in [2.24, 2.45) is 0 Å². The van der Waals surface area contributed by atoms with Gasteiger partial charge in [0.25, 0.3) is 0 Å². The van der Waals surface area contributed by atoms with Crippen molar-refractivity contribution in [3.05, 3.63) is 242 Å². The number of aromatic nitrogens is 6. The fourth-order valence-corrected chi connectivity index (χ4v) is 11.0. The number of benzene rings is 10. The molecule has 0 N–H and O–H groups in total. The Hall–Kier alpha value is -9.52. The van der Waals surface area contributed by atoms with Gasteiger partial charge in [-0.2, -0.15) is 0 Å². The molecule has 0 saturated carbocycles. The van der Waals surface area contributed by atoms with Gasteiger partial charge in [-0.25, -0.2) is 9.97 Å². The van der Waals surface area contributed by atoms with Gasteiger partial charge in [-0.3, -0.25) is 9.13 Å². The SMILES string of the molecule is [2H]c1c([2H])c([2H])c2c(c1[2H])c1ccccc1n2-c1cc(-n2c3ccccc3c3c([2H])c([2H])c([2H])c([2H])c32)nc(-c2c(-c3cccc4c3c3ccccc3n4-c3ccccc3)cccc2-n2c3ccccc3c3ccccc32)n1. The Balaban J connectivity index is 1.16. The zero-order valence-electron chi connectivity index (χ0n) is 45.2. The fraction of sp³-hybridized carbons (Fsp3) is 0. The maximum absolute atomic E-state index is 9.56. The standard InChI is InChI=1S/C64H40N6/c1-2-20-41(21-3-1)67-57-37-17-10-28-50(57)62-48(29-18-38-58(62)67)49-30-19-39-59(68-51-31-11-4-22-42(51)43-23-5-12-32-52(43)68)63(49)64-65-60(69-53-33-13-6-24-44(53)45-25-7-14-34-54(45)69)40-61(66-64)70-55-35-15-8-26-46(55)47-27-9-16-36-56(47)70/h1-40H/i6D,8D,13D,15D,24D,26D,33D,35D. The molecule has 0 atom stereocenters. The first-order chi connectivity index (χ1) is 38.1. The topological polar surface area (TPSA) is 45.5 Å². The molecule has 0 unspecified atom stereocenters.